The minimum Gasteiger partial charge on any atom is -0.337 e. The topological polar surface area (TPSA) is 60.9 Å². The van der Waals surface area contributed by atoms with Crippen LogP contribution in [-0.2, 0) is 9.59 Å². The molecule has 1 unspecified atom stereocenters. The first-order chi connectivity index (χ1) is 15.4. The summed E-state index contributed by atoms with van der Waals surface area (Å²) in [6, 6.07) is 13.6. The zero-order chi connectivity index (χ0) is 22.7. The molecule has 0 saturated carbocycles. The summed E-state index contributed by atoms with van der Waals surface area (Å²) in [7, 11) is 0. The quantitative estimate of drug-likeness (QED) is 0.673. The lowest BCUT2D eigenvalue weighted by molar-refractivity contribution is -0.148. The third-order valence-corrected chi connectivity index (χ3v) is 6.45. The molecule has 2 fully saturated rings. The second kappa shape index (κ2) is 9.92. The number of nitrogens with zero attached hydrogens (tertiary/aromatic N) is 3. The van der Waals surface area contributed by atoms with Gasteiger partial charge in [0.1, 0.15) is 6.04 Å². The van der Waals surface area contributed by atoms with Gasteiger partial charge in [0.2, 0.25) is 11.8 Å². The Balaban J connectivity index is 1.48. The van der Waals surface area contributed by atoms with Crippen molar-refractivity contribution in [1.82, 2.24) is 14.7 Å². The molecule has 1 atom stereocenters. The van der Waals surface area contributed by atoms with E-state index in [1.54, 1.807) is 32.9 Å². The molecule has 0 N–H and O–H groups in total. The van der Waals surface area contributed by atoms with Crippen molar-refractivity contribution in [3.63, 3.8) is 0 Å². The van der Waals surface area contributed by atoms with Crippen LogP contribution in [0.1, 0.15) is 41.2 Å². The first-order valence-electron chi connectivity index (χ1n) is 10.8. The number of amides is 3. The monoisotopic (exact) mass is 473 g/mol. The molecule has 2 heterocycles. The van der Waals surface area contributed by atoms with Crippen LogP contribution in [0, 0.1) is 0 Å². The zero-order valence-electron chi connectivity index (χ0n) is 17.7. The summed E-state index contributed by atoms with van der Waals surface area (Å²) in [5.41, 5.74) is 1.25. The lowest BCUT2D eigenvalue weighted by Gasteiger charge is -2.40. The van der Waals surface area contributed by atoms with Crippen LogP contribution in [0.4, 0.5) is 0 Å². The highest BCUT2D eigenvalue weighted by Crippen LogP contribution is 2.28. The van der Waals surface area contributed by atoms with Gasteiger partial charge in [-0.05, 0) is 36.6 Å². The van der Waals surface area contributed by atoms with Crippen LogP contribution in [-0.4, -0.2) is 65.1 Å². The second-order valence-corrected chi connectivity index (χ2v) is 9.01. The summed E-state index contributed by atoms with van der Waals surface area (Å²) in [6.07, 6.45) is 2.23. The Morgan fingerprint density at radius 3 is 2.06 bits per heavy atom. The molecule has 0 aliphatic carbocycles. The Labute approximate surface area is 197 Å². The SMILES string of the molecule is O=C(c1cc(Cl)cc(Cl)c1)N1CCN(C(=O)C(c2ccccc2)N2CCCCC2=O)CC1. The molecule has 168 valence electrons. The van der Waals surface area contributed by atoms with Crippen LogP contribution in [0.2, 0.25) is 10.0 Å². The van der Waals surface area contributed by atoms with Gasteiger partial charge in [-0.3, -0.25) is 14.4 Å². The van der Waals surface area contributed by atoms with Gasteiger partial charge >= 0.3 is 0 Å². The molecule has 0 aromatic heterocycles. The average Bonchev–Trinajstić information content (AvgIpc) is 2.80. The number of piperazine rings is 1. The van der Waals surface area contributed by atoms with Gasteiger partial charge in [0.05, 0.1) is 0 Å². The highest BCUT2D eigenvalue weighted by molar-refractivity contribution is 6.35. The summed E-state index contributed by atoms with van der Waals surface area (Å²) in [6.45, 7) is 2.21. The number of rotatable bonds is 4. The maximum atomic E-state index is 13.6. The standard InChI is InChI=1S/C24H25Cl2N3O3/c25-19-14-18(15-20(26)16-19)23(31)27-10-12-28(13-11-27)24(32)22(17-6-2-1-3-7-17)29-9-5-4-8-21(29)30/h1-3,6-7,14-16,22H,4-5,8-13H2. The predicted molar refractivity (Wildman–Crippen MR) is 124 cm³/mol. The Morgan fingerprint density at radius 1 is 0.812 bits per heavy atom. The van der Waals surface area contributed by atoms with E-state index < -0.39 is 6.04 Å². The first-order valence-corrected chi connectivity index (χ1v) is 11.6. The van der Waals surface area contributed by atoms with E-state index in [4.69, 9.17) is 23.2 Å². The van der Waals surface area contributed by atoms with Gasteiger partial charge < -0.3 is 14.7 Å². The molecule has 0 bridgehead atoms. The Morgan fingerprint density at radius 2 is 1.44 bits per heavy atom. The average molecular weight is 474 g/mol. The van der Waals surface area contributed by atoms with Gasteiger partial charge in [-0.25, -0.2) is 0 Å². The van der Waals surface area contributed by atoms with Crippen molar-refractivity contribution < 1.29 is 14.4 Å². The fraction of sp³-hybridized carbons (Fsp3) is 0.375. The molecular weight excluding hydrogens is 449 g/mol. The van der Waals surface area contributed by atoms with Crippen molar-refractivity contribution >= 4 is 40.9 Å². The number of likely N-dealkylation sites (tertiary alicyclic amines) is 1. The van der Waals surface area contributed by atoms with E-state index in [1.165, 1.54) is 0 Å². The third kappa shape index (κ3) is 4.92. The van der Waals surface area contributed by atoms with Crippen LogP contribution in [0.25, 0.3) is 0 Å². The fourth-order valence-electron chi connectivity index (χ4n) is 4.35. The van der Waals surface area contributed by atoms with E-state index in [0.29, 0.717) is 54.8 Å². The largest absolute Gasteiger partial charge is 0.337 e. The minimum absolute atomic E-state index is 0.0186. The normalized spacial score (nSPS) is 17.9. The number of carbonyl (C=O) groups excluding carboxylic acids is 3. The van der Waals surface area contributed by atoms with Crippen LogP contribution in [0.5, 0.6) is 0 Å². The van der Waals surface area contributed by atoms with Crippen molar-refractivity contribution in [2.45, 2.75) is 25.3 Å². The van der Waals surface area contributed by atoms with Gasteiger partial charge in [0.15, 0.2) is 0 Å². The lowest BCUT2D eigenvalue weighted by atomic mass is 9.99. The molecule has 32 heavy (non-hydrogen) atoms. The summed E-state index contributed by atoms with van der Waals surface area (Å²) in [5, 5.41) is 0.818. The van der Waals surface area contributed by atoms with Gasteiger partial charge in [-0.2, -0.15) is 0 Å². The number of hydrogen-bond acceptors (Lipinski definition) is 3. The van der Waals surface area contributed by atoms with Gasteiger partial charge in [-0.1, -0.05) is 53.5 Å². The summed E-state index contributed by atoms with van der Waals surface area (Å²) in [5.74, 6) is -0.234. The van der Waals surface area contributed by atoms with Crippen molar-refractivity contribution in [2.75, 3.05) is 32.7 Å². The van der Waals surface area contributed by atoms with Gasteiger partial charge in [0, 0.05) is 54.8 Å². The van der Waals surface area contributed by atoms with E-state index >= 15 is 0 Å². The number of benzene rings is 2. The highest BCUT2D eigenvalue weighted by Gasteiger charge is 2.36. The Kier molecular flexibility index (Phi) is 7.01. The smallest absolute Gasteiger partial charge is 0.254 e. The predicted octanol–water partition coefficient (Wildman–Crippen LogP) is 4.03. The molecule has 0 spiro atoms. The molecule has 2 aromatic carbocycles. The van der Waals surface area contributed by atoms with E-state index in [1.807, 2.05) is 30.3 Å². The van der Waals surface area contributed by atoms with Crippen molar-refractivity contribution in [3.05, 3.63) is 69.7 Å². The second-order valence-electron chi connectivity index (χ2n) is 8.13. The van der Waals surface area contributed by atoms with Gasteiger partial charge in [-0.15, -0.1) is 0 Å². The van der Waals surface area contributed by atoms with E-state index in [9.17, 15) is 14.4 Å². The number of hydrogen-bond donors (Lipinski definition) is 0. The molecule has 3 amide bonds. The molecule has 8 heteroatoms. The highest BCUT2D eigenvalue weighted by atomic mass is 35.5. The maximum Gasteiger partial charge on any atom is 0.254 e. The third-order valence-electron chi connectivity index (χ3n) is 6.01. The van der Waals surface area contributed by atoms with Gasteiger partial charge in [0.25, 0.3) is 5.91 Å². The number of carbonyl (C=O) groups is 3. The van der Waals surface area contributed by atoms with Crippen molar-refractivity contribution in [3.8, 4) is 0 Å². The summed E-state index contributed by atoms with van der Waals surface area (Å²) < 4.78 is 0. The number of piperidine rings is 1. The molecule has 2 saturated heterocycles. The van der Waals surface area contributed by atoms with E-state index in [0.717, 1.165) is 18.4 Å². The molecule has 2 aliphatic rings. The lowest BCUT2D eigenvalue weighted by Crippen LogP contribution is -2.54. The van der Waals surface area contributed by atoms with Crippen molar-refractivity contribution in [2.24, 2.45) is 0 Å². The summed E-state index contributed by atoms with van der Waals surface area (Å²) in [4.78, 5) is 44.3. The molecule has 2 aromatic rings. The summed E-state index contributed by atoms with van der Waals surface area (Å²) >= 11 is 12.1. The van der Waals surface area contributed by atoms with Crippen LogP contribution < -0.4 is 0 Å². The van der Waals surface area contributed by atoms with E-state index in [-0.39, 0.29) is 17.7 Å². The van der Waals surface area contributed by atoms with Crippen LogP contribution >= 0.6 is 23.2 Å². The molecule has 4 rings (SSSR count). The molecule has 0 radical (unpaired) electrons. The van der Waals surface area contributed by atoms with E-state index in [2.05, 4.69) is 0 Å². The zero-order valence-corrected chi connectivity index (χ0v) is 19.2. The molecular formula is C24H25Cl2N3O3. The minimum atomic E-state index is -0.627. The van der Waals surface area contributed by atoms with Crippen molar-refractivity contribution in [1.29, 1.82) is 0 Å². The number of halogens is 2. The molecule has 6 nitrogen and oxygen atoms in total. The van der Waals surface area contributed by atoms with Crippen LogP contribution in [0.3, 0.4) is 0 Å². The maximum absolute atomic E-state index is 13.6. The Bertz CT molecular complexity index is 987. The molecule has 2 aliphatic heterocycles. The van der Waals surface area contributed by atoms with Crippen LogP contribution in [0.15, 0.2) is 48.5 Å². The fourth-order valence-corrected chi connectivity index (χ4v) is 4.88. The Hall–Kier alpha value is -2.57. The first kappa shape index (κ1) is 22.6.